The number of aryl methyl sites for hydroxylation is 1. The molecule has 6 heteroatoms. The van der Waals surface area contributed by atoms with Gasteiger partial charge in [0.1, 0.15) is 0 Å². The van der Waals surface area contributed by atoms with Crippen molar-refractivity contribution in [1.29, 1.82) is 0 Å². The van der Waals surface area contributed by atoms with E-state index in [0.717, 1.165) is 5.69 Å². The molecule has 2 aromatic heterocycles. The molecule has 0 bridgehead atoms. The Morgan fingerprint density at radius 1 is 1.39 bits per heavy atom. The Morgan fingerprint density at radius 3 is 2.83 bits per heavy atom. The van der Waals surface area contributed by atoms with Crippen molar-refractivity contribution in [3.8, 4) is 11.6 Å². The third-order valence-electron chi connectivity index (χ3n) is 2.35. The van der Waals surface area contributed by atoms with Gasteiger partial charge in [0.25, 0.3) is 5.91 Å². The van der Waals surface area contributed by atoms with Crippen LogP contribution in [-0.4, -0.2) is 15.9 Å². The van der Waals surface area contributed by atoms with Crippen molar-refractivity contribution >= 4 is 11.6 Å². The number of nitrogen functional groups attached to an aromatic ring is 1. The minimum Gasteiger partial charge on any atom is -0.437 e. The minimum atomic E-state index is -0.623. The molecule has 0 aliphatic heterocycles. The molecule has 0 fully saturated rings. The van der Waals surface area contributed by atoms with Crippen LogP contribution >= 0.6 is 0 Å². The zero-order valence-corrected chi connectivity index (χ0v) is 9.75. The van der Waals surface area contributed by atoms with Gasteiger partial charge >= 0.3 is 0 Å². The van der Waals surface area contributed by atoms with Crippen LogP contribution in [0, 0.1) is 6.92 Å². The first-order valence-corrected chi connectivity index (χ1v) is 5.22. The van der Waals surface area contributed by atoms with E-state index in [9.17, 15) is 4.79 Å². The molecule has 0 saturated carbocycles. The lowest BCUT2D eigenvalue weighted by Gasteiger charge is -2.08. The summed E-state index contributed by atoms with van der Waals surface area (Å²) >= 11 is 0. The van der Waals surface area contributed by atoms with Gasteiger partial charge in [0.15, 0.2) is 5.75 Å². The molecule has 4 N–H and O–H groups in total. The third kappa shape index (κ3) is 2.37. The summed E-state index contributed by atoms with van der Waals surface area (Å²) in [5.41, 5.74) is 11.9. The topological polar surface area (TPSA) is 104 Å². The van der Waals surface area contributed by atoms with Gasteiger partial charge in [-0.2, -0.15) is 0 Å². The predicted molar refractivity (Wildman–Crippen MR) is 66.2 cm³/mol. The second-order valence-corrected chi connectivity index (χ2v) is 3.66. The van der Waals surface area contributed by atoms with E-state index in [1.165, 1.54) is 12.3 Å². The number of primary amides is 1. The van der Waals surface area contributed by atoms with E-state index in [4.69, 9.17) is 16.2 Å². The van der Waals surface area contributed by atoms with Crippen LogP contribution in [-0.2, 0) is 0 Å². The fraction of sp³-hybridized carbons (Fsp3) is 0.0833. The van der Waals surface area contributed by atoms with Crippen LogP contribution in [0.15, 0.2) is 30.6 Å². The van der Waals surface area contributed by atoms with Crippen molar-refractivity contribution in [3.63, 3.8) is 0 Å². The number of ether oxygens (including phenoxy) is 1. The van der Waals surface area contributed by atoms with Gasteiger partial charge in [-0.3, -0.25) is 9.78 Å². The molecule has 0 spiro atoms. The summed E-state index contributed by atoms with van der Waals surface area (Å²) < 4.78 is 5.52. The Labute approximate surface area is 104 Å². The first-order chi connectivity index (χ1) is 8.58. The van der Waals surface area contributed by atoms with E-state index in [2.05, 4.69) is 9.97 Å². The lowest BCUT2D eigenvalue weighted by molar-refractivity contribution is 0.100. The van der Waals surface area contributed by atoms with Gasteiger partial charge in [-0.05, 0) is 19.1 Å². The molecular weight excluding hydrogens is 232 g/mol. The first-order valence-electron chi connectivity index (χ1n) is 5.22. The molecule has 0 aromatic carbocycles. The van der Waals surface area contributed by atoms with Crippen LogP contribution in [0.2, 0.25) is 0 Å². The Morgan fingerprint density at radius 2 is 2.17 bits per heavy atom. The molecule has 0 saturated heterocycles. The van der Waals surface area contributed by atoms with Crippen LogP contribution in [0.5, 0.6) is 11.6 Å². The Hall–Kier alpha value is -2.63. The average molecular weight is 244 g/mol. The summed E-state index contributed by atoms with van der Waals surface area (Å²) in [5.74, 6) is 0.182. The maximum Gasteiger partial charge on any atom is 0.251 e. The Balaban J connectivity index is 2.33. The maximum atomic E-state index is 11.1. The van der Waals surface area contributed by atoms with E-state index >= 15 is 0 Å². The molecule has 0 atom stereocenters. The molecular formula is C12H12N4O2. The van der Waals surface area contributed by atoms with Crippen LogP contribution in [0.1, 0.15) is 16.1 Å². The molecule has 2 heterocycles. The van der Waals surface area contributed by atoms with Gasteiger partial charge < -0.3 is 16.2 Å². The number of carbonyl (C=O) groups excluding carboxylic acids is 1. The van der Waals surface area contributed by atoms with E-state index in [1.54, 1.807) is 18.3 Å². The number of pyridine rings is 2. The molecule has 92 valence electrons. The highest BCUT2D eigenvalue weighted by atomic mass is 16.5. The summed E-state index contributed by atoms with van der Waals surface area (Å²) in [6.45, 7) is 1.81. The number of nitrogens with zero attached hydrogens (tertiary/aromatic N) is 2. The van der Waals surface area contributed by atoms with Crippen molar-refractivity contribution in [1.82, 2.24) is 9.97 Å². The van der Waals surface area contributed by atoms with Crippen molar-refractivity contribution in [2.24, 2.45) is 5.73 Å². The van der Waals surface area contributed by atoms with E-state index < -0.39 is 5.91 Å². The highest BCUT2D eigenvalue weighted by Crippen LogP contribution is 2.23. The van der Waals surface area contributed by atoms with Crippen molar-refractivity contribution in [2.75, 3.05) is 5.73 Å². The maximum absolute atomic E-state index is 11.1. The lowest BCUT2D eigenvalue weighted by atomic mass is 10.2. The number of nitrogens with two attached hydrogens (primary N) is 2. The van der Waals surface area contributed by atoms with Crippen molar-refractivity contribution in [3.05, 3.63) is 41.9 Å². The summed E-state index contributed by atoms with van der Waals surface area (Å²) in [5, 5.41) is 0. The average Bonchev–Trinajstić information content (AvgIpc) is 2.34. The monoisotopic (exact) mass is 244 g/mol. The summed E-state index contributed by atoms with van der Waals surface area (Å²) in [6, 6.07) is 4.91. The van der Waals surface area contributed by atoms with E-state index in [1.807, 2.05) is 6.92 Å². The second-order valence-electron chi connectivity index (χ2n) is 3.66. The molecule has 1 amide bonds. The normalized spacial score (nSPS) is 10.1. The van der Waals surface area contributed by atoms with Crippen LogP contribution in [0.25, 0.3) is 0 Å². The molecule has 2 aromatic rings. The number of aromatic nitrogens is 2. The Kier molecular flexibility index (Phi) is 3.09. The van der Waals surface area contributed by atoms with Crippen molar-refractivity contribution < 1.29 is 9.53 Å². The van der Waals surface area contributed by atoms with Crippen LogP contribution in [0.3, 0.4) is 0 Å². The minimum absolute atomic E-state index is 0.182. The number of amides is 1. The number of hydrogen-bond donors (Lipinski definition) is 2. The van der Waals surface area contributed by atoms with Crippen LogP contribution in [0.4, 0.5) is 5.69 Å². The van der Waals surface area contributed by atoms with Gasteiger partial charge in [-0.15, -0.1) is 0 Å². The predicted octanol–water partition coefficient (Wildman–Crippen LogP) is 1.26. The summed E-state index contributed by atoms with van der Waals surface area (Å²) in [6.07, 6.45) is 2.99. The number of rotatable bonds is 3. The summed E-state index contributed by atoms with van der Waals surface area (Å²) in [4.78, 5) is 19.2. The first kappa shape index (κ1) is 11.8. The molecule has 18 heavy (non-hydrogen) atoms. The zero-order valence-electron chi connectivity index (χ0n) is 9.75. The number of anilines is 1. The summed E-state index contributed by atoms with van der Waals surface area (Å²) in [7, 11) is 0. The molecule has 0 aliphatic rings. The fourth-order valence-electron chi connectivity index (χ4n) is 1.41. The Bertz CT molecular complexity index is 598. The highest BCUT2D eigenvalue weighted by molar-refractivity contribution is 5.98. The largest absolute Gasteiger partial charge is 0.437 e. The van der Waals surface area contributed by atoms with E-state index in [-0.39, 0.29) is 17.1 Å². The van der Waals surface area contributed by atoms with Gasteiger partial charge in [-0.25, -0.2) is 4.98 Å². The number of hydrogen-bond acceptors (Lipinski definition) is 5. The number of carbonyl (C=O) groups is 1. The molecule has 6 nitrogen and oxygen atoms in total. The standard InChI is InChI=1S/C12H12N4O2/c1-7-10(3-2-4-15-7)18-11-5-8(12(14)17)9(13)6-16-11/h2-6H,13H2,1H3,(H2,14,17). The van der Waals surface area contributed by atoms with Crippen molar-refractivity contribution in [2.45, 2.75) is 6.92 Å². The quantitative estimate of drug-likeness (QED) is 0.845. The third-order valence-corrected chi connectivity index (χ3v) is 2.35. The molecule has 0 aliphatic carbocycles. The SMILES string of the molecule is Cc1ncccc1Oc1cc(C(N)=O)c(N)cn1. The smallest absolute Gasteiger partial charge is 0.251 e. The fourth-order valence-corrected chi connectivity index (χ4v) is 1.41. The molecule has 0 radical (unpaired) electrons. The molecule has 0 unspecified atom stereocenters. The van der Waals surface area contributed by atoms with Crippen LogP contribution < -0.4 is 16.2 Å². The lowest BCUT2D eigenvalue weighted by Crippen LogP contribution is -2.14. The van der Waals surface area contributed by atoms with Gasteiger partial charge in [0.2, 0.25) is 5.88 Å². The van der Waals surface area contributed by atoms with E-state index in [0.29, 0.717) is 5.75 Å². The van der Waals surface area contributed by atoms with Gasteiger partial charge in [0.05, 0.1) is 23.1 Å². The van der Waals surface area contributed by atoms with Gasteiger partial charge in [-0.1, -0.05) is 0 Å². The second kappa shape index (κ2) is 4.70. The van der Waals surface area contributed by atoms with Gasteiger partial charge in [0, 0.05) is 12.3 Å². The molecule has 2 rings (SSSR count). The highest BCUT2D eigenvalue weighted by Gasteiger charge is 2.10. The zero-order chi connectivity index (χ0) is 13.1.